The molecule has 6 heteroatoms. The first-order chi connectivity index (χ1) is 10.9. The van der Waals surface area contributed by atoms with E-state index >= 15 is 0 Å². The van der Waals surface area contributed by atoms with Gasteiger partial charge in [0.05, 0.1) is 5.25 Å². The van der Waals surface area contributed by atoms with E-state index in [1.807, 2.05) is 44.2 Å². The summed E-state index contributed by atoms with van der Waals surface area (Å²) in [5.41, 5.74) is 1.06. The number of aliphatic carboxylic acids is 1. The summed E-state index contributed by atoms with van der Waals surface area (Å²) >= 11 is 5.71. The predicted molar refractivity (Wildman–Crippen MR) is 99.3 cm³/mol. The van der Waals surface area contributed by atoms with Crippen molar-refractivity contribution in [3.63, 3.8) is 0 Å². The van der Waals surface area contributed by atoms with Crippen LogP contribution >= 0.6 is 24.4 Å². The van der Waals surface area contributed by atoms with Gasteiger partial charge >= 0.3 is 5.97 Å². The minimum atomic E-state index is -0.982. The van der Waals surface area contributed by atoms with Gasteiger partial charge in [0.1, 0.15) is 6.04 Å². The Morgan fingerprint density at radius 2 is 1.91 bits per heavy atom. The van der Waals surface area contributed by atoms with Gasteiger partial charge in [0, 0.05) is 5.75 Å². The van der Waals surface area contributed by atoms with E-state index in [9.17, 15) is 14.7 Å². The van der Waals surface area contributed by atoms with Gasteiger partial charge in [0.15, 0.2) is 0 Å². The summed E-state index contributed by atoms with van der Waals surface area (Å²) in [6.07, 6.45) is 1.01. The van der Waals surface area contributed by atoms with Crippen molar-refractivity contribution >= 4 is 36.3 Å². The number of nitrogens with one attached hydrogen (secondary N) is 1. The molecule has 1 unspecified atom stereocenters. The molecule has 1 rings (SSSR count). The van der Waals surface area contributed by atoms with Crippen molar-refractivity contribution < 1.29 is 14.7 Å². The summed E-state index contributed by atoms with van der Waals surface area (Å²) in [4.78, 5) is 23.9. The zero-order chi connectivity index (χ0) is 17.2. The van der Waals surface area contributed by atoms with Gasteiger partial charge in [-0.2, -0.15) is 12.6 Å². The molecule has 0 bridgehead atoms. The first kappa shape index (κ1) is 19.9. The molecule has 0 aliphatic carbocycles. The molecular formula is C17H25NO3S2. The van der Waals surface area contributed by atoms with Crippen LogP contribution in [0.3, 0.4) is 0 Å². The molecule has 1 aromatic rings. The summed E-state index contributed by atoms with van der Waals surface area (Å²) in [7, 11) is 0. The molecule has 128 valence electrons. The first-order valence-electron chi connectivity index (χ1n) is 7.73. The summed E-state index contributed by atoms with van der Waals surface area (Å²) in [5.74, 6) is 0.431. The number of benzene rings is 1. The van der Waals surface area contributed by atoms with E-state index < -0.39 is 12.0 Å². The Morgan fingerprint density at radius 1 is 1.26 bits per heavy atom. The Hall–Kier alpha value is -1.14. The highest BCUT2D eigenvalue weighted by molar-refractivity contribution is 8.01. The standard InChI is InChI=1S/C17H25NO3S2/c1-12(2)10-14(17(20)21)18-16(19)15(23-9-8-22)11-13-6-4-3-5-7-13/h3-7,12,14-15,22H,8-11H2,1-2H3,(H,18,19)(H,20,21)/t14-,15?/m0/s1. The molecule has 0 saturated heterocycles. The first-order valence-corrected chi connectivity index (χ1v) is 9.41. The van der Waals surface area contributed by atoms with E-state index in [0.717, 1.165) is 11.3 Å². The van der Waals surface area contributed by atoms with Crippen molar-refractivity contribution in [2.45, 2.75) is 38.0 Å². The predicted octanol–water partition coefficient (Wildman–Crippen LogP) is 2.88. The van der Waals surface area contributed by atoms with Crippen molar-refractivity contribution in [2.75, 3.05) is 11.5 Å². The average molecular weight is 356 g/mol. The van der Waals surface area contributed by atoms with E-state index in [4.69, 9.17) is 0 Å². The maximum atomic E-state index is 12.5. The molecule has 1 amide bonds. The zero-order valence-electron chi connectivity index (χ0n) is 13.6. The van der Waals surface area contributed by atoms with Crippen LogP contribution in [0.25, 0.3) is 0 Å². The monoisotopic (exact) mass is 355 g/mol. The maximum Gasteiger partial charge on any atom is 0.326 e. The summed E-state index contributed by atoms with van der Waals surface area (Å²) in [6, 6.07) is 8.92. The number of carboxylic acid groups (broad SMARTS) is 1. The van der Waals surface area contributed by atoms with Gasteiger partial charge in [-0.1, -0.05) is 44.2 Å². The minimum absolute atomic E-state index is 0.203. The molecule has 0 spiro atoms. The van der Waals surface area contributed by atoms with Crippen LogP contribution < -0.4 is 5.32 Å². The molecule has 2 N–H and O–H groups in total. The highest BCUT2D eigenvalue weighted by atomic mass is 32.2. The van der Waals surface area contributed by atoms with Crippen LogP contribution in [-0.2, 0) is 16.0 Å². The van der Waals surface area contributed by atoms with E-state index in [1.54, 1.807) is 0 Å². The lowest BCUT2D eigenvalue weighted by atomic mass is 10.0. The number of thiol groups is 1. The van der Waals surface area contributed by atoms with Crippen molar-refractivity contribution in [1.29, 1.82) is 0 Å². The highest BCUT2D eigenvalue weighted by Gasteiger charge is 2.26. The molecule has 0 heterocycles. The molecule has 0 aromatic heterocycles. The smallest absolute Gasteiger partial charge is 0.326 e. The van der Waals surface area contributed by atoms with Crippen LogP contribution in [0.15, 0.2) is 30.3 Å². The number of carbonyl (C=O) groups excluding carboxylic acids is 1. The minimum Gasteiger partial charge on any atom is -0.480 e. The van der Waals surface area contributed by atoms with Gasteiger partial charge in [-0.3, -0.25) is 4.79 Å². The van der Waals surface area contributed by atoms with Crippen molar-refractivity contribution in [3.8, 4) is 0 Å². The third kappa shape index (κ3) is 7.79. The summed E-state index contributed by atoms with van der Waals surface area (Å²) in [5, 5.41) is 11.7. The summed E-state index contributed by atoms with van der Waals surface area (Å²) in [6.45, 7) is 3.89. The summed E-state index contributed by atoms with van der Waals surface area (Å²) < 4.78 is 0. The average Bonchev–Trinajstić information content (AvgIpc) is 2.51. The molecule has 0 aliphatic rings. The number of hydrogen-bond donors (Lipinski definition) is 3. The number of carboxylic acids is 1. The quantitative estimate of drug-likeness (QED) is 0.565. The van der Waals surface area contributed by atoms with Crippen LogP contribution in [0.1, 0.15) is 25.8 Å². The Bertz CT molecular complexity index is 494. The van der Waals surface area contributed by atoms with Gasteiger partial charge in [-0.15, -0.1) is 11.8 Å². The zero-order valence-corrected chi connectivity index (χ0v) is 15.3. The lowest BCUT2D eigenvalue weighted by molar-refractivity contribution is -0.142. The van der Waals surface area contributed by atoms with Crippen LogP contribution in [0, 0.1) is 5.92 Å². The maximum absolute atomic E-state index is 12.5. The van der Waals surface area contributed by atoms with Gasteiger partial charge < -0.3 is 10.4 Å². The molecular weight excluding hydrogens is 330 g/mol. The number of amides is 1. The van der Waals surface area contributed by atoms with E-state index in [0.29, 0.717) is 18.6 Å². The largest absolute Gasteiger partial charge is 0.480 e. The lowest BCUT2D eigenvalue weighted by Gasteiger charge is -2.21. The van der Waals surface area contributed by atoms with Crippen LogP contribution in [0.5, 0.6) is 0 Å². The van der Waals surface area contributed by atoms with Crippen molar-refractivity contribution in [2.24, 2.45) is 5.92 Å². The fourth-order valence-corrected chi connectivity index (χ4v) is 3.44. The second-order valence-electron chi connectivity index (χ2n) is 5.80. The Labute approximate surface area is 147 Å². The van der Waals surface area contributed by atoms with E-state index in [2.05, 4.69) is 17.9 Å². The molecule has 0 aliphatic heterocycles. The molecule has 0 radical (unpaired) electrons. The van der Waals surface area contributed by atoms with Crippen LogP contribution in [0.4, 0.5) is 0 Å². The second-order valence-corrected chi connectivity index (χ2v) is 7.56. The fourth-order valence-electron chi connectivity index (χ4n) is 2.21. The van der Waals surface area contributed by atoms with Gasteiger partial charge in [-0.05, 0) is 30.1 Å². The molecule has 2 atom stereocenters. The van der Waals surface area contributed by atoms with E-state index in [-0.39, 0.29) is 17.1 Å². The highest BCUT2D eigenvalue weighted by Crippen LogP contribution is 2.18. The van der Waals surface area contributed by atoms with Gasteiger partial charge in [-0.25, -0.2) is 4.79 Å². The third-order valence-corrected chi connectivity index (χ3v) is 5.04. The van der Waals surface area contributed by atoms with Crippen LogP contribution in [-0.4, -0.2) is 39.8 Å². The van der Waals surface area contributed by atoms with Crippen molar-refractivity contribution in [3.05, 3.63) is 35.9 Å². The number of rotatable bonds is 10. The number of carbonyl (C=O) groups is 2. The molecule has 1 aromatic carbocycles. The lowest BCUT2D eigenvalue weighted by Crippen LogP contribution is -2.46. The molecule has 23 heavy (non-hydrogen) atoms. The second kappa shape index (κ2) is 10.6. The molecule has 0 fully saturated rings. The Kier molecular flexibility index (Phi) is 9.17. The molecule has 0 saturated carbocycles. The molecule has 4 nitrogen and oxygen atoms in total. The number of thioether (sulfide) groups is 1. The number of hydrogen-bond acceptors (Lipinski definition) is 4. The normalized spacial score (nSPS) is 13.6. The SMILES string of the molecule is CC(C)C[C@H](NC(=O)C(Cc1ccccc1)SCCS)C(=O)O. The third-order valence-electron chi connectivity index (χ3n) is 3.29. The topological polar surface area (TPSA) is 66.4 Å². The van der Waals surface area contributed by atoms with Gasteiger partial charge in [0.25, 0.3) is 0 Å². The van der Waals surface area contributed by atoms with E-state index in [1.165, 1.54) is 11.8 Å². The van der Waals surface area contributed by atoms with Crippen LogP contribution in [0.2, 0.25) is 0 Å². The fraction of sp³-hybridized carbons (Fsp3) is 0.529. The van der Waals surface area contributed by atoms with Gasteiger partial charge in [0.2, 0.25) is 5.91 Å². The Morgan fingerprint density at radius 3 is 2.43 bits per heavy atom. The van der Waals surface area contributed by atoms with Crippen molar-refractivity contribution in [1.82, 2.24) is 5.32 Å². The Balaban J connectivity index is 2.75.